The second kappa shape index (κ2) is 36.4. The minimum Gasteiger partial charge on any atom is -0.461 e. The normalized spacial score (nSPS) is 12.6. The van der Waals surface area contributed by atoms with Gasteiger partial charge in [-0.05, 0) is 88.6 Å². The molecule has 7 heteroatoms. The Bertz CT molecular complexity index is 881. The second-order valence-corrected chi connectivity index (χ2v) is 20.3. The van der Waals surface area contributed by atoms with Crippen molar-refractivity contribution in [3.63, 3.8) is 0 Å². The maximum atomic E-state index is 12.1. The highest BCUT2D eigenvalue weighted by atomic mass is 33.1. The first-order valence-corrected chi connectivity index (χ1v) is 24.9. The van der Waals surface area contributed by atoms with Gasteiger partial charge in [-0.1, -0.05) is 177 Å². The van der Waals surface area contributed by atoms with Gasteiger partial charge in [0.2, 0.25) is 0 Å². The lowest BCUT2D eigenvalue weighted by molar-refractivity contribution is -0.143. The Kier molecular flexibility index (Phi) is 35.8. The third-order valence-electron chi connectivity index (χ3n) is 9.99. The van der Waals surface area contributed by atoms with Gasteiger partial charge in [-0.2, -0.15) is 0 Å². The van der Waals surface area contributed by atoms with Gasteiger partial charge in [0.1, 0.15) is 13.2 Å². The minimum atomic E-state index is -0.0548. The summed E-state index contributed by atoms with van der Waals surface area (Å²) in [5, 5.41) is 0. The number of carbonyl (C=O) groups excluding carboxylic acids is 2. The average molecular weight is 796 g/mol. The molecule has 0 rings (SSSR count). The van der Waals surface area contributed by atoms with Crippen molar-refractivity contribution in [1.29, 1.82) is 0 Å². The summed E-state index contributed by atoms with van der Waals surface area (Å²) in [5.74, 6) is 3.08. The molecule has 0 aliphatic heterocycles. The van der Waals surface area contributed by atoms with Crippen LogP contribution in [0.15, 0.2) is 24.3 Å². The molecule has 0 aromatic heterocycles. The molecule has 0 aromatic carbocycles. The monoisotopic (exact) mass is 796 g/mol. The number of ether oxygens (including phenoxy) is 2. The lowest BCUT2D eigenvalue weighted by Crippen LogP contribution is -2.33. The predicted octanol–water partition coefficient (Wildman–Crippen LogP) is 14.6. The van der Waals surface area contributed by atoms with E-state index < -0.39 is 0 Å². The molecule has 5 nitrogen and oxygen atoms in total. The zero-order chi connectivity index (χ0) is 40.2. The third kappa shape index (κ3) is 38.0. The van der Waals surface area contributed by atoms with Gasteiger partial charge < -0.3 is 14.4 Å². The van der Waals surface area contributed by atoms with Crippen molar-refractivity contribution in [3.8, 4) is 0 Å². The zero-order valence-corrected chi connectivity index (χ0v) is 38.6. The van der Waals surface area contributed by atoms with Crippen LogP contribution in [0.4, 0.5) is 0 Å². The van der Waals surface area contributed by atoms with E-state index in [4.69, 9.17) is 9.47 Å². The van der Waals surface area contributed by atoms with E-state index in [1.165, 1.54) is 121 Å². The largest absolute Gasteiger partial charge is 0.461 e. The van der Waals surface area contributed by atoms with Crippen molar-refractivity contribution in [2.75, 3.05) is 45.4 Å². The van der Waals surface area contributed by atoms with Gasteiger partial charge in [-0.15, -0.1) is 0 Å². The summed E-state index contributed by atoms with van der Waals surface area (Å²) in [6.45, 7) is 16.1. The first-order chi connectivity index (χ1) is 25.9. The van der Waals surface area contributed by atoms with E-state index in [-0.39, 0.29) is 11.9 Å². The van der Waals surface area contributed by atoms with Crippen LogP contribution in [-0.2, 0) is 19.1 Å². The first kappa shape index (κ1) is 53.1. The van der Waals surface area contributed by atoms with Gasteiger partial charge in [-0.3, -0.25) is 9.59 Å². The van der Waals surface area contributed by atoms with E-state index in [0.717, 1.165) is 51.0 Å². The van der Waals surface area contributed by atoms with Crippen LogP contribution in [0.2, 0.25) is 0 Å². The molecule has 0 fully saturated rings. The summed E-state index contributed by atoms with van der Waals surface area (Å²) in [6.07, 6.45) is 37.1. The van der Waals surface area contributed by atoms with E-state index in [2.05, 4.69) is 94.3 Å². The smallest absolute Gasteiger partial charge is 0.306 e. The van der Waals surface area contributed by atoms with Crippen LogP contribution in [0.25, 0.3) is 0 Å². The maximum Gasteiger partial charge on any atom is 0.306 e. The number of hydrogen-bond donors (Lipinski definition) is 0. The van der Waals surface area contributed by atoms with Crippen LogP contribution in [0.5, 0.6) is 0 Å². The van der Waals surface area contributed by atoms with Gasteiger partial charge in [0.25, 0.3) is 0 Å². The van der Waals surface area contributed by atoms with Gasteiger partial charge in [-0.25, -0.2) is 0 Å². The molecule has 0 amide bonds. The molecule has 0 aliphatic rings. The van der Waals surface area contributed by atoms with Gasteiger partial charge in [0.05, 0.1) is 0 Å². The first-order valence-electron chi connectivity index (χ1n) is 22.4. The molecular formula is C47H89NO4S2. The van der Waals surface area contributed by atoms with Gasteiger partial charge in [0, 0.05) is 30.9 Å². The van der Waals surface area contributed by atoms with Crippen molar-refractivity contribution in [2.24, 2.45) is 16.7 Å². The highest BCUT2D eigenvalue weighted by Gasteiger charge is 2.29. The van der Waals surface area contributed by atoms with Crippen LogP contribution < -0.4 is 0 Å². The summed E-state index contributed by atoms with van der Waals surface area (Å²) in [7, 11) is 8.55. The molecule has 0 heterocycles. The van der Waals surface area contributed by atoms with Crippen LogP contribution in [-0.4, -0.2) is 62.2 Å². The molecule has 54 heavy (non-hydrogen) atoms. The van der Waals surface area contributed by atoms with Gasteiger partial charge >= 0.3 is 11.9 Å². The molecule has 318 valence electrons. The van der Waals surface area contributed by atoms with E-state index >= 15 is 0 Å². The van der Waals surface area contributed by atoms with E-state index in [1.807, 2.05) is 12.2 Å². The second-order valence-electron chi connectivity index (χ2n) is 17.8. The van der Waals surface area contributed by atoms with Gasteiger partial charge in [0.15, 0.2) is 0 Å². The molecule has 0 aliphatic carbocycles. The number of hydrogen-bond acceptors (Lipinski definition) is 7. The maximum absolute atomic E-state index is 12.1. The molecule has 0 saturated carbocycles. The van der Waals surface area contributed by atoms with Crippen molar-refractivity contribution in [1.82, 2.24) is 4.90 Å². The predicted molar refractivity (Wildman–Crippen MR) is 241 cm³/mol. The number of nitrogens with zero attached hydrogens (tertiary/aromatic N) is 1. The molecule has 0 atom stereocenters. The Labute approximate surface area is 344 Å². The van der Waals surface area contributed by atoms with Crippen LogP contribution in [0.1, 0.15) is 202 Å². The minimum absolute atomic E-state index is 0.0548. The Balaban J connectivity index is 4.43. The standard InChI is InChI=1S/C47H89NO4S2/c1-9-11-13-15-17-25-31-37-51-44(49)35-29-23-19-21-27-33-43(39-53-54-42-47(5,6)40-46(3,4)41-48(7)8)34-28-22-20-24-30-36-45(50)52-38-32-26-18-16-14-12-10-2/h25-26,31-32,43H,9-24,27-30,33-42H2,1-8H3/b31-25-,32-26-. The fourth-order valence-corrected chi connectivity index (χ4v) is 10.8. The molecule has 0 saturated heterocycles. The number of unbranched alkanes of at least 4 members (excludes halogenated alkanes) is 16. The van der Waals surface area contributed by atoms with E-state index in [1.54, 1.807) is 0 Å². The number of allylic oxidation sites excluding steroid dienone is 2. The van der Waals surface area contributed by atoms with Crippen molar-refractivity contribution in [3.05, 3.63) is 24.3 Å². The topological polar surface area (TPSA) is 55.8 Å². The lowest BCUT2D eigenvalue weighted by Gasteiger charge is -2.36. The fraction of sp³-hybridized carbons (Fsp3) is 0.872. The number of rotatable bonds is 39. The van der Waals surface area contributed by atoms with E-state index in [9.17, 15) is 9.59 Å². The van der Waals surface area contributed by atoms with Crippen molar-refractivity contribution < 1.29 is 19.1 Å². The lowest BCUT2D eigenvalue weighted by atomic mass is 9.76. The highest BCUT2D eigenvalue weighted by molar-refractivity contribution is 8.76. The highest BCUT2D eigenvalue weighted by Crippen LogP contribution is 2.40. The molecule has 0 bridgehead atoms. The van der Waals surface area contributed by atoms with Crippen LogP contribution in [0, 0.1) is 16.7 Å². The molecule has 0 radical (unpaired) electrons. The summed E-state index contributed by atoms with van der Waals surface area (Å²) < 4.78 is 10.8. The zero-order valence-electron chi connectivity index (χ0n) is 37.0. The number of esters is 2. The molecule has 0 spiro atoms. The Morgan fingerprint density at radius 1 is 0.574 bits per heavy atom. The molecule has 0 unspecified atom stereocenters. The summed E-state index contributed by atoms with van der Waals surface area (Å²) >= 11 is 0. The fourth-order valence-electron chi connectivity index (χ4n) is 7.56. The average Bonchev–Trinajstić information content (AvgIpc) is 3.10. The quantitative estimate of drug-likeness (QED) is 0.0266. The SMILES string of the molecule is CCCCCC/C=C\COC(=O)CCCCCCCC(CCCCCCCC(=O)OC/C=C\CCCCCC)CSSCC(C)(C)CC(C)(C)CN(C)C. The summed E-state index contributed by atoms with van der Waals surface area (Å²) in [5.41, 5.74) is 0.636. The van der Waals surface area contributed by atoms with Crippen molar-refractivity contribution in [2.45, 2.75) is 202 Å². The Morgan fingerprint density at radius 2 is 1.02 bits per heavy atom. The van der Waals surface area contributed by atoms with Crippen LogP contribution in [0.3, 0.4) is 0 Å². The van der Waals surface area contributed by atoms with E-state index in [0.29, 0.717) is 36.9 Å². The molecule has 0 N–H and O–H groups in total. The summed E-state index contributed by atoms with van der Waals surface area (Å²) in [6, 6.07) is 0. The Morgan fingerprint density at radius 3 is 1.48 bits per heavy atom. The van der Waals surface area contributed by atoms with Crippen LogP contribution >= 0.6 is 21.6 Å². The molecular weight excluding hydrogens is 707 g/mol. The van der Waals surface area contributed by atoms with Crippen molar-refractivity contribution >= 4 is 33.5 Å². The summed E-state index contributed by atoms with van der Waals surface area (Å²) in [4.78, 5) is 26.5. The third-order valence-corrected chi connectivity index (χ3v) is 12.9. The number of carbonyl (C=O) groups is 2. The Hall–Kier alpha value is -0.920. The molecule has 0 aromatic rings.